The average molecular weight is 1260 g/mol. The van der Waals surface area contributed by atoms with E-state index in [1.54, 1.807) is 0 Å². The molecule has 0 saturated heterocycles. The molecule has 4 aromatic carbocycles. The van der Waals surface area contributed by atoms with Crippen molar-refractivity contribution in [3.63, 3.8) is 0 Å². The topological polar surface area (TPSA) is 168 Å². The molecule has 9 rings (SSSR count). The second-order valence-corrected chi connectivity index (χ2v) is 30.5. The maximum Gasteiger partial charge on any atom is 0.537 e. The van der Waals surface area contributed by atoms with Gasteiger partial charge in [-0.3, -0.25) is 0 Å². The number of fused-ring (bicyclic) bond motifs is 8. The van der Waals surface area contributed by atoms with Gasteiger partial charge in [0, 0.05) is 144 Å². The van der Waals surface area contributed by atoms with Crippen molar-refractivity contribution in [2.45, 2.75) is 83.1 Å². The molecule has 0 amide bonds. The minimum absolute atomic E-state index is 0.442. The van der Waals surface area contributed by atoms with Crippen LogP contribution in [0.3, 0.4) is 0 Å². The Kier molecular flexibility index (Phi) is 23.0. The molecule has 2 aliphatic rings. The molecule has 2 N–H and O–H groups in total. The normalized spacial score (nSPS) is 12.9. The van der Waals surface area contributed by atoms with E-state index in [1.165, 1.54) is 0 Å². The predicted molar refractivity (Wildman–Crippen MR) is 362 cm³/mol. The number of H-pyrrole nitrogens is 2. The van der Waals surface area contributed by atoms with Crippen LogP contribution in [0.25, 0.3) is 90.9 Å². The maximum atomic E-state index is 6.39. The van der Waals surface area contributed by atoms with E-state index in [-0.39, 0.29) is 0 Å². The van der Waals surface area contributed by atoms with Gasteiger partial charge in [0.2, 0.25) is 0 Å². The van der Waals surface area contributed by atoms with Gasteiger partial charge in [-0.25, -0.2) is 9.97 Å². The van der Waals surface area contributed by atoms with E-state index in [1.807, 2.05) is 83.1 Å². The minimum Gasteiger partial charge on any atom is -0.370 e. The molecule has 20 heteroatoms. The van der Waals surface area contributed by atoms with Crippen molar-refractivity contribution < 1.29 is 53.1 Å². The lowest BCUT2D eigenvalue weighted by molar-refractivity contribution is 0.0851. The quantitative estimate of drug-likeness (QED) is 0.0382. The fourth-order valence-electron chi connectivity index (χ4n) is 11.6. The zero-order valence-corrected chi connectivity index (χ0v) is 57.1. The number of aromatic amines is 2. The van der Waals surface area contributed by atoms with Crippen LogP contribution in [0.1, 0.15) is 106 Å². The Morgan fingerprint density at radius 3 is 0.545 bits per heavy atom. The van der Waals surface area contributed by atoms with E-state index in [4.69, 9.17) is 63.1 Å². The number of nitrogens with one attached hydrogen (secondary N) is 2. The van der Waals surface area contributed by atoms with Gasteiger partial charge in [-0.1, -0.05) is 97.1 Å². The number of aromatic nitrogens is 4. The third-order valence-corrected chi connectivity index (χ3v) is 27.1. The van der Waals surface area contributed by atoms with Crippen LogP contribution >= 0.6 is 0 Å². The number of benzene rings is 4. The molecule has 8 bridgehead atoms. The highest BCUT2D eigenvalue weighted by molar-refractivity contribution is 6.76. The highest BCUT2D eigenvalue weighted by atomic mass is 28.4. The first kappa shape index (κ1) is 66.3. The number of hydrogen-bond donors (Lipinski definition) is 2. The lowest BCUT2D eigenvalue weighted by Gasteiger charge is -2.28. The summed E-state index contributed by atoms with van der Waals surface area (Å²) in [7, 11) is -13.0. The van der Waals surface area contributed by atoms with Gasteiger partial charge in [-0.15, -0.1) is 0 Å². The van der Waals surface area contributed by atoms with Gasteiger partial charge in [-0.05, 0) is 154 Å². The van der Waals surface area contributed by atoms with Gasteiger partial charge in [0.1, 0.15) is 0 Å². The lowest BCUT2D eigenvalue weighted by atomic mass is 10.0. The molecule has 0 fully saturated rings. The van der Waals surface area contributed by atoms with Crippen LogP contribution in [0, 0.1) is 0 Å². The van der Waals surface area contributed by atoms with Gasteiger partial charge in [-0.2, -0.15) is 0 Å². The molecule has 466 valence electrons. The summed E-state index contributed by atoms with van der Waals surface area (Å²) in [6.07, 6.45) is 8.39. The van der Waals surface area contributed by atoms with Gasteiger partial charge in [0.15, 0.2) is 0 Å². The summed E-state index contributed by atoms with van der Waals surface area (Å²) in [5.41, 5.74) is 13.6. The van der Waals surface area contributed by atoms with Crippen LogP contribution in [0.2, 0.25) is 0 Å². The molecule has 0 aliphatic carbocycles. The molecule has 0 unspecified atom stereocenters. The minimum atomic E-state index is -3.26. The van der Waals surface area contributed by atoms with Crippen molar-refractivity contribution in [2.75, 3.05) is 79.3 Å². The highest BCUT2D eigenvalue weighted by Crippen LogP contribution is 2.39. The van der Waals surface area contributed by atoms with Crippen LogP contribution in [0.15, 0.2) is 121 Å². The van der Waals surface area contributed by atoms with E-state index in [9.17, 15) is 0 Å². The first-order valence-corrected chi connectivity index (χ1v) is 38.1. The molecular formula is C68H86N4O12Si4. The largest absolute Gasteiger partial charge is 0.537 e. The van der Waals surface area contributed by atoms with E-state index < -0.39 is 35.2 Å². The van der Waals surface area contributed by atoms with E-state index in [0.29, 0.717) is 79.3 Å². The molecule has 0 radical (unpaired) electrons. The van der Waals surface area contributed by atoms with Crippen LogP contribution < -0.4 is 20.7 Å². The molecule has 0 atom stereocenters. The number of nitrogens with zero attached hydrogens (tertiary/aromatic N) is 2. The molecule has 0 saturated carbocycles. The van der Waals surface area contributed by atoms with Crippen LogP contribution in [0.5, 0.6) is 0 Å². The van der Waals surface area contributed by atoms with E-state index in [2.05, 4.69) is 156 Å². The third kappa shape index (κ3) is 13.8. The maximum absolute atomic E-state index is 6.39. The molecule has 7 aromatic rings. The summed E-state index contributed by atoms with van der Waals surface area (Å²) in [5.74, 6) is 0. The summed E-state index contributed by atoms with van der Waals surface area (Å²) in [6, 6.07) is 41.9. The first-order valence-electron chi connectivity index (χ1n) is 31.2. The third-order valence-electron chi connectivity index (χ3n) is 14.9. The SMILES string of the molecule is CCO[Si](OCC)(OCC)c1ccc(-c2c3nc(c(-c4ccc([Si](OCC)(OCC)OCC)cc4)c4ccc([nH]4)c(-c4ccc([Si](OCC)(OCC)OCC)cc4)c4nc(c(-c5ccc([Si](OCC)(OCC)OCC)cc5)c5ccc2[nH]5)C=C4)C=C3)cc1. The number of rotatable bonds is 32. The van der Waals surface area contributed by atoms with Gasteiger partial charge in [0.25, 0.3) is 0 Å². The predicted octanol–water partition coefficient (Wildman–Crippen LogP) is 12.3. The fourth-order valence-corrected chi connectivity index (χ4v) is 21.4. The lowest BCUT2D eigenvalue weighted by Crippen LogP contribution is -2.56. The Morgan fingerprint density at radius 2 is 0.398 bits per heavy atom. The molecule has 2 aliphatic heterocycles. The molecule has 5 heterocycles. The Morgan fingerprint density at radius 1 is 0.239 bits per heavy atom. The van der Waals surface area contributed by atoms with Crippen molar-refractivity contribution in [2.24, 2.45) is 0 Å². The molecular weight excluding hydrogens is 1180 g/mol. The first-order chi connectivity index (χ1) is 42.9. The summed E-state index contributed by atoms with van der Waals surface area (Å²) in [5, 5.41) is 3.49. The molecule has 3 aromatic heterocycles. The van der Waals surface area contributed by atoms with Crippen LogP contribution in [-0.2, 0) is 53.1 Å². The van der Waals surface area contributed by atoms with Crippen LogP contribution in [0.4, 0.5) is 0 Å². The monoisotopic (exact) mass is 1260 g/mol. The smallest absolute Gasteiger partial charge is 0.370 e. The van der Waals surface area contributed by atoms with Crippen molar-refractivity contribution >= 4 is 102 Å². The summed E-state index contributed by atoms with van der Waals surface area (Å²) < 4.78 is 76.7. The fraction of sp³-hybridized carbons (Fsp3) is 0.353. The Balaban J connectivity index is 1.38. The van der Waals surface area contributed by atoms with Gasteiger partial charge >= 0.3 is 35.2 Å². The highest BCUT2D eigenvalue weighted by Gasteiger charge is 2.46. The van der Waals surface area contributed by atoms with Crippen LogP contribution in [-0.4, -0.2) is 134 Å². The zero-order chi connectivity index (χ0) is 62.3. The summed E-state index contributed by atoms with van der Waals surface area (Å²) in [6.45, 7) is 28.9. The Hall–Kier alpha value is -6.13. The molecule has 16 nitrogen and oxygen atoms in total. The summed E-state index contributed by atoms with van der Waals surface area (Å²) in [4.78, 5) is 19.1. The second-order valence-electron chi connectivity index (χ2n) is 20.2. The summed E-state index contributed by atoms with van der Waals surface area (Å²) >= 11 is 0. The molecule has 0 spiro atoms. The molecule has 88 heavy (non-hydrogen) atoms. The average Bonchev–Trinajstić information content (AvgIpc) is 2.78. The zero-order valence-electron chi connectivity index (χ0n) is 53.1. The van der Waals surface area contributed by atoms with E-state index >= 15 is 0 Å². The van der Waals surface area contributed by atoms with Crippen molar-refractivity contribution in [3.05, 3.63) is 144 Å². The van der Waals surface area contributed by atoms with Crippen molar-refractivity contribution in [1.82, 2.24) is 19.9 Å². The standard InChI is InChI=1S/C68H86N4O12Si4/c1-13-73-85(74-14-2,75-15-3)53-33-25-49(26-34-53)65-57-41-43-59(69-57)66(50-27-35-54(36-28-50)86(76-16-4,77-17-5)78-18-6)61-45-47-63(71-61)68(52-31-39-56(40-32-52)88(82-22-10,83-23-11)84-24-12)64-48-46-62(72-64)67(60-44-42-58(65)70-60)51-29-37-55(38-30-51)87(79-19-7,80-20-8)81-21-9/h25-48,69,72H,13-24H2,1-12H3. The Labute approximate surface area is 523 Å². The van der Waals surface area contributed by atoms with Crippen molar-refractivity contribution in [3.8, 4) is 44.5 Å². The van der Waals surface area contributed by atoms with Crippen molar-refractivity contribution in [1.29, 1.82) is 0 Å². The van der Waals surface area contributed by atoms with Gasteiger partial charge < -0.3 is 63.1 Å². The Bertz CT molecular complexity index is 3130. The second kappa shape index (κ2) is 30.6. The van der Waals surface area contributed by atoms with E-state index in [0.717, 1.165) is 110 Å². The van der Waals surface area contributed by atoms with Gasteiger partial charge in [0.05, 0.1) is 22.8 Å². The number of hydrogen-bond acceptors (Lipinski definition) is 14.